The first-order valence-corrected chi connectivity index (χ1v) is 13.9. The van der Waals surface area contributed by atoms with Gasteiger partial charge in [-0.25, -0.2) is 0 Å². The fourth-order valence-electron chi connectivity index (χ4n) is 8.49. The van der Waals surface area contributed by atoms with Crippen LogP contribution in [-0.4, -0.2) is 12.1 Å². The van der Waals surface area contributed by atoms with Gasteiger partial charge in [-0.2, -0.15) is 0 Å². The van der Waals surface area contributed by atoms with Crippen LogP contribution in [0.4, 0.5) is 0 Å². The Hall–Kier alpha value is -1.31. The van der Waals surface area contributed by atoms with Gasteiger partial charge in [0, 0.05) is 13.3 Å². The zero-order chi connectivity index (χ0) is 24.0. The van der Waals surface area contributed by atoms with Gasteiger partial charge >= 0.3 is 5.97 Å². The summed E-state index contributed by atoms with van der Waals surface area (Å²) in [5.74, 6) is 4.18. The Bertz CT molecular complexity index is 832. The summed E-state index contributed by atoms with van der Waals surface area (Å²) in [4.78, 5) is 11.5. The molecule has 0 saturated heterocycles. The molecule has 0 bridgehead atoms. The van der Waals surface area contributed by atoms with Crippen molar-refractivity contribution in [2.24, 2.45) is 46.3 Å². The zero-order valence-corrected chi connectivity index (χ0v) is 22.3. The van der Waals surface area contributed by atoms with Crippen LogP contribution in [0.25, 0.3) is 0 Å². The van der Waals surface area contributed by atoms with Crippen molar-refractivity contribution in [3.05, 3.63) is 35.5 Å². The van der Waals surface area contributed by atoms with Gasteiger partial charge in [-0.05, 0) is 91.3 Å². The molecule has 4 aliphatic rings. The number of carbonyl (C=O) groups excluding carboxylic acids is 1. The van der Waals surface area contributed by atoms with E-state index in [1.807, 2.05) is 0 Å². The summed E-state index contributed by atoms with van der Waals surface area (Å²) < 4.78 is 5.60. The van der Waals surface area contributed by atoms with Gasteiger partial charge in [-0.15, -0.1) is 0 Å². The third kappa shape index (κ3) is 4.41. The van der Waals surface area contributed by atoms with Crippen LogP contribution in [0, 0.1) is 46.3 Å². The van der Waals surface area contributed by atoms with Gasteiger partial charge in [0.25, 0.3) is 0 Å². The minimum Gasteiger partial charge on any atom is -0.462 e. The molecule has 184 valence electrons. The highest BCUT2D eigenvalue weighted by Crippen LogP contribution is 2.66. The maximum absolute atomic E-state index is 11.5. The van der Waals surface area contributed by atoms with E-state index < -0.39 is 0 Å². The summed E-state index contributed by atoms with van der Waals surface area (Å²) in [5.41, 5.74) is 3.98. The number of esters is 1. The highest BCUT2D eigenvalue weighted by molar-refractivity contribution is 5.66. The lowest BCUT2D eigenvalue weighted by Gasteiger charge is -2.55. The number of hydrogen-bond acceptors (Lipinski definition) is 2. The van der Waals surface area contributed by atoms with Crippen molar-refractivity contribution in [2.75, 3.05) is 0 Å². The molecule has 0 spiro atoms. The largest absolute Gasteiger partial charge is 0.462 e. The predicted molar refractivity (Wildman–Crippen MR) is 138 cm³/mol. The van der Waals surface area contributed by atoms with Crippen LogP contribution in [0.5, 0.6) is 0 Å². The minimum absolute atomic E-state index is 0.0758. The van der Waals surface area contributed by atoms with Crippen molar-refractivity contribution in [1.82, 2.24) is 0 Å². The quantitative estimate of drug-likeness (QED) is 0.299. The minimum atomic E-state index is -0.136. The lowest BCUT2D eigenvalue weighted by molar-refractivity contribution is -0.148. The Kier molecular flexibility index (Phi) is 7.05. The fourth-order valence-corrected chi connectivity index (χ4v) is 8.49. The molecule has 0 heterocycles. The Morgan fingerprint density at radius 3 is 2.48 bits per heavy atom. The normalized spacial score (nSPS) is 39.9. The summed E-state index contributed by atoms with van der Waals surface area (Å²) >= 11 is 0. The van der Waals surface area contributed by atoms with Crippen LogP contribution in [0.15, 0.2) is 35.5 Å². The van der Waals surface area contributed by atoms with Crippen molar-refractivity contribution in [1.29, 1.82) is 0 Å². The summed E-state index contributed by atoms with van der Waals surface area (Å²) in [7, 11) is 0. The molecule has 0 aromatic carbocycles. The van der Waals surface area contributed by atoms with Gasteiger partial charge in [0.2, 0.25) is 0 Å². The lowest BCUT2D eigenvalue weighted by atomic mass is 9.50. The number of ether oxygens (including phenoxy) is 1. The molecule has 2 heteroatoms. The first-order valence-electron chi connectivity index (χ1n) is 13.9. The Balaban J connectivity index is 1.53. The summed E-state index contributed by atoms with van der Waals surface area (Å²) in [5, 5.41) is 0. The topological polar surface area (TPSA) is 26.3 Å². The highest BCUT2D eigenvalue weighted by atomic mass is 16.5. The molecule has 0 N–H and O–H groups in total. The first kappa shape index (κ1) is 24.8. The van der Waals surface area contributed by atoms with E-state index in [0.29, 0.717) is 23.2 Å². The zero-order valence-electron chi connectivity index (χ0n) is 22.3. The van der Waals surface area contributed by atoms with Crippen molar-refractivity contribution in [3.63, 3.8) is 0 Å². The molecule has 4 rings (SSSR count). The maximum atomic E-state index is 11.5. The number of rotatable bonds is 6. The molecule has 0 amide bonds. The van der Waals surface area contributed by atoms with Crippen molar-refractivity contribution >= 4 is 5.97 Å². The van der Waals surface area contributed by atoms with Gasteiger partial charge in [0.05, 0.1) is 0 Å². The number of carbonyl (C=O) groups is 1. The molecule has 3 fully saturated rings. The van der Waals surface area contributed by atoms with E-state index in [2.05, 4.69) is 65.8 Å². The Labute approximate surface area is 203 Å². The summed E-state index contributed by atoms with van der Waals surface area (Å²) in [6, 6.07) is 0. The monoisotopic (exact) mass is 452 g/mol. The molecular weight excluding hydrogens is 404 g/mol. The van der Waals surface area contributed by atoms with Gasteiger partial charge < -0.3 is 4.74 Å². The lowest BCUT2D eigenvalue weighted by Crippen LogP contribution is -2.46. The molecule has 3 saturated carbocycles. The molecule has 2 nitrogen and oxygen atoms in total. The second-order valence-corrected chi connectivity index (χ2v) is 12.6. The second-order valence-electron chi connectivity index (χ2n) is 12.6. The molecular formula is C31H48O2. The van der Waals surface area contributed by atoms with Crippen LogP contribution in [0.3, 0.4) is 0 Å². The second kappa shape index (κ2) is 9.38. The van der Waals surface area contributed by atoms with Crippen LogP contribution >= 0.6 is 0 Å². The molecule has 4 aliphatic carbocycles. The third-order valence-electron chi connectivity index (χ3n) is 10.6. The summed E-state index contributed by atoms with van der Waals surface area (Å²) in [6.07, 6.45) is 19.9. The van der Waals surface area contributed by atoms with E-state index in [4.69, 9.17) is 4.74 Å². The van der Waals surface area contributed by atoms with Gasteiger partial charge in [0.15, 0.2) is 0 Å². The van der Waals surface area contributed by atoms with Crippen molar-refractivity contribution in [2.45, 2.75) is 106 Å². The van der Waals surface area contributed by atoms with Gasteiger partial charge in [0.1, 0.15) is 6.10 Å². The maximum Gasteiger partial charge on any atom is 0.302 e. The van der Waals surface area contributed by atoms with E-state index in [1.54, 1.807) is 12.5 Å². The molecule has 0 aromatic heterocycles. The van der Waals surface area contributed by atoms with Crippen LogP contribution in [-0.2, 0) is 9.53 Å². The highest BCUT2D eigenvalue weighted by Gasteiger charge is 2.56. The van der Waals surface area contributed by atoms with Gasteiger partial charge in [-0.1, -0.05) is 77.0 Å². The number of allylic oxidation sites excluding steroid dienone is 5. The van der Waals surface area contributed by atoms with E-state index in [9.17, 15) is 4.79 Å². The number of fused-ring (bicyclic) bond motifs is 5. The molecule has 0 aliphatic heterocycles. The molecule has 33 heavy (non-hydrogen) atoms. The molecule has 8 unspecified atom stereocenters. The van der Waals surface area contributed by atoms with Crippen molar-refractivity contribution < 1.29 is 9.53 Å². The van der Waals surface area contributed by atoms with E-state index in [-0.39, 0.29) is 17.5 Å². The van der Waals surface area contributed by atoms with Crippen molar-refractivity contribution in [3.8, 4) is 0 Å². The van der Waals surface area contributed by atoms with E-state index >= 15 is 0 Å². The average molecular weight is 453 g/mol. The smallest absolute Gasteiger partial charge is 0.302 e. The molecule has 0 aromatic rings. The van der Waals surface area contributed by atoms with Crippen LogP contribution in [0.1, 0.15) is 99.8 Å². The van der Waals surface area contributed by atoms with Crippen LogP contribution < -0.4 is 0 Å². The third-order valence-corrected chi connectivity index (χ3v) is 10.6. The van der Waals surface area contributed by atoms with E-state index in [0.717, 1.165) is 37.0 Å². The van der Waals surface area contributed by atoms with E-state index in [1.165, 1.54) is 37.7 Å². The fraction of sp³-hybridized carbons (Fsp3) is 0.774. The standard InChI is InChI=1S/C31H48O2/c1-8-23(20(2)3)10-9-21(4)27-13-14-28-26-12-11-24-19-25(33-22(5)32)15-17-30(24,6)29(26)16-18-31(27,28)7/h9-12,20-21,23,25,27-29H,8,13-19H2,1-7H3. The molecule has 0 radical (unpaired) electrons. The average Bonchev–Trinajstić information content (AvgIpc) is 3.11. The predicted octanol–water partition coefficient (Wildman–Crippen LogP) is 8.29. The Morgan fingerprint density at radius 2 is 1.82 bits per heavy atom. The summed E-state index contributed by atoms with van der Waals surface area (Å²) in [6.45, 7) is 16.2. The SMILES string of the molecule is CCC(C=CC(C)C1CCC2C3=CC=C4CC(OC(C)=O)CCC4(C)C3CCC21C)C(C)C. The first-order chi connectivity index (χ1) is 15.6. The Morgan fingerprint density at radius 1 is 1.06 bits per heavy atom. The van der Waals surface area contributed by atoms with Crippen LogP contribution in [0.2, 0.25) is 0 Å². The molecule has 8 atom stereocenters. The number of hydrogen-bond donors (Lipinski definition) is 0. The van der Waals surface area contributed by atoms with Gasteiger partial charge in [-0.3, -0.25) is 4.79 Å².